The van der Waals surface area contributed by atoms with Gasteiger partial charge in [0.15, 0.2) is 6.29 Å². The fraction of sp³-hybridized carbons (Fsp3) is 0.808. The van der Waals surface area contributed by atoms with Crippen LogP contribution >= 0.6 is 0 Å². The summed E-state index contributed by atoms with van der Waals surface area (Å²) in [5, 5.41) is 54.7. The highest BCUT2D eigenvalue weighted by Crippen LogP contribution is 2.23. The normalized spacial score (nSPS) is 18.4. The minimum absolute atomic E-state index is 0.185. The van der Waals surface area contributed by atoms with Crippen LogP contribution in [0.1, 0.15) is 348 Å². The highest BCUT2D eigenvalue weighted by molar-refractivity contribution is 5.76. The molecule has 1 aliphatic heterocycles. The van der Waals surface area contributed by atoms with Gasteiger partial charge in [0.05, 0.1) is 25.4 Å². The average molecular weight is 1220 g/mol. The largest absolute Gasteiger partial charge is 0.394 e. The van der Waals surface area contributed by atoms with Gasteiger partial charge in [-0.1, -0.05) is 343 Å². The smallest absolute Gasteiger partial charge is 0.220 e. The third-order valence-corrected chi connectivity index (χ3v) is 17.4. The second-order valence-electron chi connectivity index (χ2n) is 25.7. The van der Waals surface area contributed by atoms with Crippen LogP contribution in [0, 0.1) is 0 Å². The Labute approximate surface area is 537 Å². The van der Waals surface area contributed by atoms with Gasteiger partial charge in [0.1, 0.15) is 24.4 Å². The molecule has 7 atom stereocenters. The molecule has 0 saturated carbocycles. The third-order valence-electron chi connectivity index (χ3n) is 17.4. The van der Waals surface area contributed by atoms with Crippen molar-refractivity contribution >= 4 is 5.91 Å². The molecule has 1 heterocycles. The molecule has 7 unspecified atom stereocenters. The average Bonchev–Trinajstić information content (AvgIpc) is 3.47. The molecule has 9 heteroatoms. The van der Waals surface area contributed by atoms with E-state index in [1.165, 1.54) is 257 Å². The van der Waals surface area contributed by atoms with Gasteiger partial charge in [-0.25, -0.2) is 0 Å². The number of carbonyl (C=O) groups excluding carboxylic acids is 1. The number of ether oxygens (including phenoxy) is 2. The van der Waals surface area contributed by atoms with E-state index < -0.39 is 49.5 Å². The van der Waals surface area contributed by atoms with Gasteiger partial charge in [0.25, 0.3) is 0 Å². The molecule has 0 spiro atoms. The molecule has 506 valence electrons. The number of aliphatic hydroxyl groups is 5. The number of allylic oxidation sites excluding steroid dienone is 13. The maximum atomic E-state index is 13.1. The van der Waals surface area contributed by atoms with Crippen LogP contribution in [0.25, 0.3) is 0 Å². The van der Waals surface area contributed by atoms with Crippen molar-refractivity contribution in [3.05, 3.63) is 85.1 Å². The summed E-state index contributed by atoms with van der Waals surface area (Å²) in [6.45, 7) is 3.68. The molecule has 87 heavy (non-hydrogen) atoms. The van der Waals surface area contributed by atoms with Crippen molar-refractivity contribution < 1.29 is 39.8 Å². The zero-order chi connectivity index (χ0) is 62.8. The Balaban J connectivity index is 2.07. The van der Waals surface area contributed by atoms with E-state index in [-0.39, 0.29) is 12.5 Å². The van der Waals surface area contributed by atoms with E-state index in [2.05, 4.69) is 92.1 Å². The lowest BCUT2D eigenvalue weighted by Gasteiger charge is -2.40. The van der Waals surface area contributed by atoms with Gasteiger partial charge >= 0.3 is 0 Å². The zero-order valence-electron chi connectivity index (χ0n) is 56.8. The number of hydrogen-bond acceptors (Lipinski definition) is 8. The minimum atomic E-state index is -1.58. The van der Waals surface area contributed by atoms with Crippen LogP contribution in [0.3, 0.4) is 0 Å². The van der Waals surface area contributed by atoms with Crippen molar-refractivity contribution in [2.24, 2.45) is 0 Å². The molecule has 0 aromatic carbocycles. The lowest BCUT2D eigenvalue weighted by atomic mass is 9.99. The molecule has 0 aliphatic carbocycles. The highest BCUT2D eigenvalue weighted by atomic mass is 16.7. The van der Waals surface area contributed by atoms with E-state index in [9.17, 15) is 30.3 Å². The molecule has 0 bridgehead atoms. The zero-order valence-corrected chi connectivity index (χ0v) is 56.8. The van der Waals surface area contributed by atoms with Crippen LogP contribution in [0.2, 0.25) is 0 Å². The Bertz CT molecular complexity index is 1650. The first-order valence-corrected chi connectivity index (χ1v) is 37.3. The van der Waals surface area contributed by atoms with E-state index in [4.69, 9.17) is 9.47 Å². The summed E-state index contributed by atoms with van der Waals surface area (Å²) in [5.74, 6) is -0.185. The van der Waals surface area contributed by atoms with Crippen LogP contribution in [-0.2, 0) is 14.3 Å². The van der Waals surface area contributed by atoms with Crippen molar-refractivity contribution in [3.8, 4) is 0 Å². The summed E-state index contributed by atoms with van der Waals surface area (Å²) in [7, 11) is 0. The van der Waals surface area contributed by atoms with Crippen molar-refractivity contribution in [1.82, 2.24) is 5.32 Å². The molecule has 0 aromatic rings. The monoisotopic (exact) mass is 1220 g/mol. The summed E-state index contributed by atoms with van der Waals surface area (Å²) in [6.07, 6.45) is 88.6. The molecular weight excluding hydrogens is 1080 g/mol. The van der Waals surface area contributed by atoms with Gasteiger partial charge in [-0.3, -0.25) is 4.79 Å². The summed E-state index contributed by atoms with van der Waals surface area (Å²) in [6, 6.07) is -0.831. The Hall–Kier alpha value is -2.63. The van der Waals surface area contributed by atoms with E-state index in [0.29, 0.717) is 6.42 Å². The van der Waals surface area contributed by atoms with Gasteiger partial charge in [0, 0.05) is 6.42 Å². The highest BCUT2D eigenvalue weighted by Gasteiger charge is 2.44. The fourth-order valence-electron chi connectivity index (χ4n) is 11.7. The van der Waals surface area contributed by atoms with Crippen LogP contribution in [-0.4, -0.2) is 87.5 Å². The first-order chi connectivity index (χ1) is 42.8. The lowest BCUT2D eigenvalue weighted by molar-refractivity contribution is -0.302. The number of hydrogen-bond donors (Lipinski definition) is 6. The number of nitrogens with one attached hydrogen (secondary N) is 1. The predicted octanol–water partition coefficient (Wildman–Crippen LogP) is 20.9. The fourth-order valence-corrected chi connectivity index (χ4v) is 11.7. The quantitative estimate of drug-likeness (QED) is 0.0261. The van der Waals surface area contributed by atoms with Crippen LogP contribution in [0.4, 0.5) is 0 Å². The molecular formula is C78H141NO8. The molecule has 1 amide bonds. The topological polar surface area (TPSA) is 149 Å². The Morgan fingerprint density at radius 1 is 0.402 bits per heavy atom. The maximum Gasteiger partial charge on any atom is 0.220 e. The van der Waals surface area contributed by atoms with Gasteiger partial charge in [-0.05, 0) is 83.5 Å². The summed E-state index contributed by atoms with van der Waals surface area (Å²) < 4.78 is 11.3. The minimum Gasteiger partial charge on any atom is -0.394 e. The molecule has 1 fully saturated rings. The van der Waals surface area contributed by atoms with Crippen LogP contribution in [0.5, 0.6) is 0 Å². The third kappa shape index (κ3) is 54.8. The SMILES string of the molecule is CC/C=C\C/C=C\C/C=C\C/C=C\CCCCCCCCCCCCCCCCCCCCCCCCCCCCCCC(=O)NC(COC1OC(CO)C(O)C(O)C1O)C(O)/C=C/CC/C=C/CC/C=C/CCCCCCCCCCCCCCC. The lowest BCUT2D eigenvalue weighted by Crippen LogP contribution is -2.60. The van der Waals surface area contributed by atoms with Crippen molar-refractivity contribution in [2.45, 2.75) is 391 Å². The van der Waals surface area contributed by atoms with Gasteiger partial charge in [0.2, 0.25) is 5.91 Å². The number of unbranched alkanes of at least 4 members (excludes halogenated alkanes) is 43. The van der Waals surface area contributed by atoms with Gasteiger partial charge in [-0.2, -0.15) is 0 Å². The first-order valence-electron chi connectivity index (χ1n) is 37.3. The Morgan fingerprint density at radius 2 is 0.724 bits per heavy atom. The predicted molar refractivity (Wildman–Crippen MR) is 373 cm³/mol. The molecule has 6 N–H and O–H groups in total. The summed E-state index contributed by atoms with van der Waals surface area (Å²) in [4.78, 5) is 13.1. The second-order valence-corrected chi connectivity index (χ2v) is 25.7. The van der Waals surface area contributed by atoms with E-state index in [1.807, 2.05) is 6.08 Å². The van der Waals surface area contributed by atoms with Gasteiger partial charge in [-0.15, -0.1) is 0 Å². The maximum absolute atomic E-state index is 13.1. The standard InChI is InChI=1S/C78H141NO8/c1-3-5-7-9-11-13-15-17-19-21-23-25-27-28-29-30-31-32-33-34-35-36-37-38-39-40-41-42-43-44-46-48-50-52-54-56-58-60-62-64-66-68-74(82)79-71(70-86-78-77(85)76(84)75(83)73(69-80)87-78)72(81)67-65-63-61-59-57-55-53-51-49-47-45-26-24-22-20-18-16-14-12-10-8-6-4-2/h5,7,11,13,17,19,23,25,49,51,57,59,65,67,71-73,75-78,80-81,83-85H,3-4,6,8-10,12,14-16,18,20-22,24,26-48,50,52-56,58,60-64,66,68-70H2,1-2H3,(H,79,82)/b7-5-,13-11-,19-17-,25-23-,51-49+,59-57+,67-65+. The molecule has 9 nitrogen and oxygen atoms in total. The number of rotatable bonds is 65. The second kappa shape index (κ2) is 66.3. The van der Waals surface area contributed by atoms with E-state index >= 15 is 0 Å². The van der Waals surface area contributed by atoms with Crippen molar-refractivity contribution in [2.75, 3.05) is 13.2 Å². The molecule has 0 radical (unpaired) electrons. The first kappa shape index (κ1) is 82.4. The summed E-state index contributed by atoms with van der Waals surface area (Å²) >= 11 is 0. The number of carbonyl (C=O) groups is 1. The molecule has 1 rings (SSSR count). The van der Waals surface area contributed by atoms with E-state index in [1.54, 1.807) is 6.08 Å². The van der Waals surface area contributed by atoms with Crippen LogP contribution < -0.4 is 5.32 Å². The van der Waals surface area contributed by atoms with Crippen molar-refractivity contribution in [3.63, 3.8) is 0 Å². The van der Waals surface area contributed by atoms with Crippen molar-refractivity contribution in [1.29, 1.82) is 0 Å². The Morgan fingerprint density at radius 3 is 1.10 bits per heavy atom. The Kier molecular flexibility index (Phi) is 62.8. The van der Waals surface area contributed by atoms with Gasteiger partial charge < -0.3 is 40.3 Å². The number of aliphatic hydroxyl groups excluding tert-OH is 5. The number of amides is 1. The van der Waals surface area contributed by atoms with E-state index in [0.717, 1.165) is 70.6 Å². The van der Waals surface area contributed by atoms with Crippen LogP contribution in [0.15, 0.2) is 85.1 Å². The molecule has 1 aliphatic rings. The molecule has 0 aromatic heterocycles. The summed E-state index contributed by atoms with van der Waals surface area (Å²) in [5.41, 5.74) is 0. The molecule has 1 saturated heterocycles.